The van der Waals surface area contributed by atoms with Crippen molar-refractivity contribution in [2.24, 2.45) is 4.99 Å². The Morgan fingerprint density at radius 1 is 1.13 bits per heavy atom. The summed E-state index contributed by atoms with van der Waals surface area (Å²) in [6, 6.07) is 6.60. The zero-order valence-electron chi connectivity index (χ0n) is 17.9. The van der Waals surface area contributed by atoms with Crippen LogP contribution >= 0.6 is 11.6 Å². The van der Waals surface area contributed by atoms with E-state index in [1.54, 1.807) is 0 Å². The molecule has 1 aliphatic carbocycles. The quantitative estimate of drug-likeness (QED) is 0.745. The number of hydrogen-bond donors (Lipinski definition) is 1. The fourth-order valence-electron chi connectivity index (χ4n) is 5.07. The number of fused-ring (bicyclic) bond motifs is 1. The van der Waals surface area contributed by atoms with Crippen LogP contribution in [0.3, 0.4) is 0 Å². The standard InChI is InChI=1S/C26H29ClN4/c1-18-13-21-4-3-20-14-23(27)5-6-24(20)26(25(21)29-15-18)31-11-9-30(10-12-31)17-22-16-28-8-7-19(22)2/h5-8,14-16,26,28H,1-4,9-13,17H2. The molecule has 3 aliphatic heterocycles. The number of dihydropyridines is 1. The highest BCUT2D eigenvalue weighted by molar-refractivity contribution is 6.30. The highest BCUT2D eigenvalue weighted by Crippen LogP contribution is 2.42. The van der Waals surface area contributed by atoms with Gasteiger partial charge in [-0.2, -0.15) is 0 Å². The van der Waals surface area contributed by atoms with Crippen LogP contribution in [0.2, 0.25) is 5.02 Å². The number of rotatable bonds is 3. The van der Waals surface area contributed by atoms with Crippen LogP contribution in [0.4, 0.5) is 0 Å². The van der Waals surface area contributed by atoms with Gasteiger partial charge in [0.2, 0.25) is 0 Å². The Morgan fingerprint density at radius 2 is 1.97 bits per heavy atom. The van der Waals surface area contributed by atoms with E-state index in [4.69, 9.17) is 16.6 Å². The molecule has 5 heteroatoms. The molecule has 0 amide bonds. The third-order valence-corrected chi connectivity index (χ3v) is 7.00. The minimum Gasteiger partial charge on any atom is -0.367 e. The van der Waals surface area contributed by atoms with E-state index >= 15 is 0 Å². The number of nitrogens with zero attached hydrogens (tertiary/aromatic N) is 3. The molecular formula is C26H29ClN4. The van der Waals surface area contributed by atoms with Crippen molar-refractivity contribution in [2.75, 3.05) is 32.7 Å². The summed E-state index contributed by atoms with van der Waals surface area (Å²) < 4.78 is 0. The second kappa shape index (κ2) is 8.62. The fraction of sp³-hybridized carbons (Fsp3) is 0.346. The maximum absolute atomic E-state index is 6.36. The molecular weight excluding hydrogens is 404 g/mol. The highest BCUT2D eigenvalue weighted by Gasteiger charge is 2.33. The molecule has 1 N–H and O–H groups in total. The Labute approximate surface area is 190 Å². The predicted octanol–water partition coefficient (Wildman–Crippen LogP) is 4.79. The van der Waals surface area contributed by atoms with E-state index in [2.05, 4.69) is 46.6 Å². The summed E-state index contributed by atoms with van der Waals surface area (Å²) in [5.41, 5.74) is 8.87. The number of hydrogen-bond acceptors (Lipinski definition) is 4. The zero-order valence-corrected chi connectivity index (χ0v) is 18.7. The Kier molecular flexibility index (Phi) is 5.70. The molecule has 1 fully saturated rings. The monoisotopic (exact) mass is 432 g/mol. The van der Waals surface area contributed by atoms with Gasteiger partial charge in [-0.3, -0.25) is 14.8 Å². The average Bonchev–Trinajstić information content (AvgIpc) is 2.92. The molecule has 1 unspecified atom stereocenters. The molecule has 1 aromatic rings. The Balaban J connectivity index is 1.38. The lowest BCUT2D eigenvalue weighted by atomic mass is 9.94. The maximum Gasteiger partial charge on any atom is 0.0779 e. The number of allylic oxidation sites excluding steroid dienone is 3. The minimum atomic E-state index is 0.199. The summed E-state index contributed by atoms with van der Waals surface area (Å²) in [6.45, 7) is 13.4. The minimum absolute atomic E-state index is 0.199. The SMILES string of the molecule is C=C1C=NC2=C(CCc3cc(Cl)ccc3C2N2CCN(CC3=CNC=CC3=C)CC2)C1. The summed E-state index contributed by atoms with van der Waals surface area (Å²) >= 11 is 6.36. The second-order valence-electron chi connectivity index (χ2n) is 8.83. The first kappa shape index (κ1) is 20.5. The molecule has 4 aliphatic rings. The van der Waals surface area contributed by atoms with Crippen molar-refractivity contribution in [1.82, 2.24) is 15.1 Å². The third-order valence-electron chi connectivity index (χ3n) is 6.76. The molecule has 0 aromatic heterocycles. The number of piperazine rings is 1. The number of benzene rings is 1. The van der Waals surface area contributed by atoms with Crippen LogP contribution in [0.5, 0.6) is 0 Å². The van der Waals surface area contributed by atoms with Crippen LogP contribution in [-0.4, -0.2) is 48.7 Å². The lowest BCUT2D eigenvalue weighted by Crippen LogP contribution is -2.48. The van der Waals surface area contributed by atoms with Gasteiger partial charge in [0.25, 0.3) is 0 Å². The van der Waals surface area contributed by atoms with Crippen LogP contribution in [-0.2, 0) is 6.42 Å². The molecule has 0 bridgehead atoms. The van der Waals surface area contributed by atoms with Crippen LogP contribution in [0.25, 0.3) is 0 Å². The van der Waals surface area contributed by atoms with E-state index in [9.17, 15) is 0 Å². The van der Waals surface area contributed by atoms with Gasteiger partial charge in [0.1, 0.15) is 0 Å². The summed E-state index contributed by atoms with van der Waals surface area (Å²) in [4.78, 5) is 10.1. The maximum atomic E-state index is 6.36. The van der Waals surface area contributed by atoms with Gasteiger partial charge < -0.3 is 5.32 Å². The average molecular weight is 433 g/mol. The molecule has 160 valence electrons. The van der Waals surface area contributed by atoms with Gasteiger partial charge in [0.15, 0.2) is 0 Å². The van der Waals surface area contributed by atoms with Crippen molar-refractivity contribution in [3.8, 4) is 0 Å². The summed E-state index contributed by atoms with van der Waals surface area (Å²) in [6.07, 6.45) is 11.0. The highest BCUT2D eigenvalue weighted by atomic mass is 35.5. The van der Waals surface area contributed by atoms with Crippen molar-refractivity contribution in [3.05, 3.63) is 94.0 Å². The number of halogens is 1. The Hall–Kier alpha value is -2.40. The molecule has 1 atom stereocenters. The molecule has 5 rings (SSSR count). The van der Waals surface area contributed by atoms with Gasteiger partial charge in [0.05, 0.1) is 11.7 Å². The Morgan fingerprint density at radius 3 is 2.77 bits per heavy atom. The van der Waals surface area contributed by atoms with E-state index in [-0.39, 0.29) is 6.04 Å². The molecule has 1 aromatic carbocycles. The molecule has 0 saturated carbocycles. The van der Waals surface area contributed by atoms with E-state index in [1.165, 1.54) is 28.0 Å². The summed E-state index contributed by atoms with van der Waals surface area (Å²) in [7, 11) is 0. The molecule has 1 saturated heterocycles. The van der Waals surface area contributed by atoms with Gasteiger partial charge in [-0.1, -0.05) is 30.8 Å². The van der Waals surface area contributed by atoms with Crippen molar-refractivity contribution in [1.29, 1.82) is 0 Å². The van der Waals surface area contributed by atoms with Gasteiger partial charge in [-0.15, -0.1) is 0 Å². The molecule has 3 heterocycles. The number of aryl methyl sites for hydroxylation is 1. The van der Waals surface area contributed by atoms with Crippen LogP contribution in [0.1, 0.15) is 30.0 Å². The van der Waals surface area contributed by atoms with Gasteiger partial charge in [0, 0.05) is 56.4 Å². The lowest BCUT2D eigenvalue weighted by Gasteiger charge is -2.41. The third kappa shape index (κ3) is 4.20. The second-order valence-corrected chi connectivity index (χ2v) is 9.27. The first-order valence-electron chi connectivity index (χ1n) is 11.1. The topological polar surface area (TPSA) is 30.9 Å². The lowest BCUT2D eigenvalue weighted by molar-refractivity contribution is 0.114. The zero-order chi connectivity index (χ0) is 21.4. The largest absolute Gasteiger partial charge is 0.367 e. The first-order valence-corrected chi connectivity index (χ1v) is 11.5. The first-order chi connectivity index (χ1) is 15.1. The molecule has 31 heavy (non-hydrogen) atoms. The van der Waals surface area contributed by atoms with Gasteiger partial charge in [-0.25, -0.2) is 0 Å². The van der Waals surface area contributed by atoms with Crippen LogP contribution < -0.4 is 5.32 Å². The van der Waals surface area contributed by atoms with E-state index in [0.29, 0.717) is 0 Å². The van der Waals surface area contributed by atoms with Crippen molar-refractivity contribution in [3.63, 3.8) is 0 Å². The van der Waals surface area contributed by atoms with Crippen molar-refractivity contribution in [2.45, 2.75) is 25.3 Å². The molecule has 0 spiro atoms. The molecule has 4 nitrogen and oxygen atoms in total. The van der Waals surface area contributed by atoms with Gasteiger partial charge in [-0.05, 0) is 70.9 Å². The normalized spacial score (nSPS) is 24.4. The van der Waals surface area contributed by atoms with Crippen molar-refractivity contribution < 1.29 is 0 Å². The van der Waals surface area contributed by atoms with Gasteiger partial charge >= 0.3 is 0 Å². The summed E-state index contributed by atoms with van der Waals surface area (Å²) in [5, 5.41) is 4.01. The summed E-state index contributed by atoms with van der Waals surface area (Å²) in [5.74, 6) is 0. The van der Waals surface area contributed by atoms with Crippen LogP contribution in [0.15, 0.2) is 82.8 Å². The number of nitrogens with one attached hydrogen (secondary N) is 1. The smallest absolute Gasteiger partial charge is 0.0779 e. The molecule has 0 radical (unpaired) electrons. The number of aliphatic imine (C=N–C) groups is 1. The van der Waals surface area contributed by atoms with E-state index in [1.807, 2.05) is 24.6 Å². The fourth-order valence-corrected chi connectivity index (χ4v) is 5.26. The van der Waals surface area contributed by atoms with E-state index in [0.717, 1.165) is 68.2 Å². The van der Waals surface area contributed by atoms with Crippen molar-refractivity contribution >= 4 is 17.8 Å². The van der Waals surface area contributed by atoms with E-state index < -0.39 is 0 Å². The van der Waals surface area contributed by atoms with Crippen LogP contribution in [0, 0.1) is 0 Å². The predicted molar refractivity (Wildman–Crippen MR) is 129 cm³/mol. The Bertz CT molecular complexity index is 1040.